The van der Waals surface area contributed by atoms with Crippen LogP contribution in [-0.2, 0) is 16.0 Å². The molecule has 0 unspecified atom stereocenters. The molecule has 0 aliphatic heterocycles. The first-order chi connectivity index (χ1) is 9.58. The van der Waals surface area contributed by atoms with E-state index in [0.29, 0.717) is 6.61 Å². The summed E-state index contributed by atoms with van der Waals surface area (Å²) in [5, 5.41) is 0. The Morgan fingerprint density at radius 2 is 2.05 bits per heavy atom. The standard InChI is InChI=1S/C18H22O2/c1-15(2)8-7-9-16(3)12-13-20-18(19)14-17-10-5-4-6-11-17/h5,8,10-12H,7,9,13-14H2,1-3H3/b16-12+. The lowest BCUT2D eigenvalue weighted by molar-refractivity contribution is -0.141. The molecule has 106 valence electrons. The fraction of sp³-hybridized carbons (Fsp3) is 0.389. The highest BCUT2D eigenvalue weighted by molar-refractivity contribution is 5.72. The van der Waals surface area contributed by atoms with E-state index >= 15 is 0 Å². The molecule has 1 rings (SSSR count). The van der Waals surface area contributed by atoms with Gasteiger partial charge in [-0.3, -0.25) is 4.79 Å². The van der Waals surface area contributed by atoms with Crippen molar-refractivity contribution in [1.82, 2.24) is 0 Å². The third-order valence-electron chi connectivity index (χ3n) is 2.84. The Hall–Kier alpha value is -2.01. The van der Waals surface area contributed by atoms with Crippen LogP contribution in [0.15, 0.2) is 41.5 Å². The summed E-state index contributed by atoms with van der Waals surface area (Å²) in [4.78, 5) is 11.6. The molecule has 0 heterocycles. The van der Waals surface area contributed by atoms with Crippen LogP contribution in [0.1, 0.15) is 39.2 Å². The lowest BCUT2D eigenvalue weighted by Crippen LogP contribution is -2.08. The molecule has 0 aliphatic rings. The number of carbonyl (C=O) groups excluding carboxylic acids is 1. The number of rotatable bonds is 7. The van der Waals surface area contributed by atoms with Crippen molar-refractivity contribution in [2.24, 2.45) is 0 Å². The van der Waals surface area contributed by atoms with Gasteiger partial charge in [-0.05, 0) is 63.5 Å². The smallest absolute Gasteiger partial charge is 0.310 e. The monoisotopic (exact) mass is 270 g/mol. The van der Waals surface area contributed by atoms with E-state index in [-0.39, 0.29) is 12.4 Å². The number of ether oxygens (including phenoxy) is 1. The van der Waals surface area contributed by atoms with Crippen molar-refractivity contribution < 1.29 is 9.53 Å². The Morgan fingerprint density at radius 1 is 1.25 bits per heavy atom. The van der Waals surface area contributed by atoms with Gasteiger partial charge in [0.25, 0.3) is 0 Å². The van der Waals surface area contributed by atoms with Crippen molar-refractivity contribution in [3.8, 4) is 0 Å². The average molecular weight is 270 g/mol. The van der Waals surface area contributed by atoms with Gasteiger partial charge in [0.2, 0.25) is 0 Å². The Balaban J connectivity index is 2.25. The van der Waals surface area contributed by atoms with Gasteiger partial charge in [0, 0.05) is 0 Å². The SMILES string of the molecule is CC(C)=CCC/C(C)=C/COC(=O)Cc1cc#ccc1. The molecule has 0 aromatic heterocycles. The largest absolute Gasteiger partial charge is 0.461 e. The first-order valence-corrected chi connectivity index (χ1v) is 6.89. The van der Waals surface area contributed by atoms with Crippen LogP contribution in [0.25, 0.3) is 0 Å². The van der Waals surface area contributed by atoms with Gasteiger partial charge in [-0.15, -0.1) is 0 Å². The molecule has 0 amide bonds. The summed E-state index contributed by atoms with van der Waals surface area (Å²) in [5.74, 6) is -0.210. The van der Waals surface area contributed by atoms with Crippen molar-refractivity contribution in [2.75, 3.05) is 6.61 Å². The molecule has 0 atom stereocenters. The maximum Gasteiger partial charge on any atom is 0.310 e. The molecule has 0 spiro atoms. The van der Waals surface area contributed by atoms with Crippen molar-refractivity contribution in [3.63, 3.8) is 0 Å². The number of hydrogen-bond donors (Lipinski definition) is 0. The zero-order chi connectivity index (χ0) is 14.8. The zero-order valence-electron chi connectivity index (χ0n) is 12.5. The van der Waals surface area contributed by atoms with Gasteiger partial charge in [-0.2, -0.15) is 0 Å². The first-order valence-electron chi connectivity index (χ1n) is 6.89. The van der Waals surface area contributed by atoms with Crippen molar-refractivity contribution >= 4 is 5.97 Å². The Kier molecular flexibility index (Phi) is 7.21. The van der Waals surface area contributed by atoms with Crippen LogP contribution < -0.4 is 0 Å². The fourth-order valence-electron chi connectivity index (χ4n) is 1.67. The predicted octanol–water partition coefficient (Wildman–Crippen LogP) is 4.07. The quantitative estimate of drug-likeness (QED) is 0.551. The van der Waals surface area contributed by atoms with Crippen molar-refractivity contribution in [3.05, 3.63) is 59.2 Å². The van der Waals surface area contributed by atoms with E-state index in [1.165, 1.54) is 11.1 Å². The second kappa shape index (κ2) is 8.98. The van der Waals surface area contributed by atoms with Gasteiger partial charge in [0.1, 0.15) is 6.61 Å². The molecule has 0 N–H and O–H groups in total. The van der Waals surface area contributed by atoms with Crippen LogP contribution in [0.5, 0.6) is 0 Å². The molecule has 2 nitrogen and oxygen atoms in total. The number of allylic oxidation sites excluding steroid dienone is 3. The van der Waals surface area contributed by atoms with Crippen LogP contribution in [0.2, 0.25) is 0 Å². The molecule has 1 aromatic carbocycles. The Labute approximate surface area is 122 Å². The first kappa shape index (κ1) is 16.0. The van der Waals surface area contributed by atoms with Crippen molar-refractivity contribution in [2.45, 2.75) is 40.0 Å². The van der Waals surface area contributed by atoms with E-state index in [9.17, 15) is 4.79 Å². The summed E-state index contributed by atoms with van der Waals surface area (Å²) in [6.07, 6.45) is 6.52. The van der Waals surface area contributed by atoms with Gasteiger partial charge >= 0.3 is 5.97 Å². The number of carbonyl (C=O) groups is 1. The Bertz CT molecular complexity index is 465. The van der Waals surface area contributed by atoms with Gasteiger partial charge in [0.15, 0.2) is 0 Å². The lowest BCUT2D eigenvalue weighted by Gasteiger charge is -2.03. The van der Waals surface area contributed by atoms with Gasteiger partial charge in [-0.1, -0.05) is 29.4 Å². The highest BCUT2D eigenvalue weighted by Gasteiger charge is 2.03. The minimum absolute atomic E-state index is 0.210. The van der Waals surface area contributed by atoms with E-state index in [2.05, 4.69) is 39.0 Å². The molecule has 0 radical (unpaired) electrons. The predicted molar refractivity (Wildman–Crippen MR) is 81.2 cm³/mol. The van der Waals surface area contributed by atoms with Gasteiger partial charge < -0.3 is 4.74 Å². The molecular weight excluding hydrogens is 248 g/mol. The fourth-order valence-corrected chi connectivity index (χ4v) is 1.67. The molecule has 0 aliphatic carbocycles. The number of hydrogen-bond acceptors (Lipinski definition) is 2. The third kappa shape index (κ3) is 7.43. The molecule has 2 heteroatoms. The van der Waals surface area contributed by atoms with Crippen LogP contribution in [-0.4, -0.2) is 12.6 Å². The summed E-state index contributed by atoms with van der Waals surface area (Å²) in [7, 11) is 0. The highest BCUT2D eigenvalue weighted by atomic mass is 16.5. The van der Waals surface area contributed by atoms with Gasteiger partial charge in [-0.25, -0.2) is 0 Å². The van der Waals surface area contributed by atoms with Crippen molar-refractivity contribution in [1.29, 1.82) is 0 Å². The minimum atomic E-state index is -0.210. The topological polar surface area (TPSA) is 26.3 Å². The molecular formula is C18H22O2. The van der Waals surface area contributed by atoms with E-state index < -0.39 is 0 Å². The molecule has 20 heavy (non-hydrogen) atoms. The van der Waals surface area contributed by atoms with Gasteiger partial charge in [0.05, 0.1) is 6.42 Å². The normalized spacial score (nSPS) is 10.7. The molecule has 0 bridgehead atoms. The maximum absolute atomic E-state index is 11.6. The summed E-state index contributed by atoms with van der Waals surface area (Å²) < 4.78 is 5.19. The lowest BCUT2D eigenvalue weighted by atomic mass is 10.1. The zero-order valence-corrected chi connectivity index (χ0v) is 12.5. The molecule has 0 saturated carbocycles. The van der Waals surface area contributed by atoms with Crippen LogP contribution in [0, 0.1) is 12.1 Å². The van der Waals surface area contributed by atoms with E-state index in [4.69, 9.17) is 4.74 Å². The third-order valence-corrected chi connectivity index (χ3v) is 2.84. The minimum Gasteiger partial charge on any atom is -0.461 e. The summed E-state index contributed by atoms with van der Waals surface area (Å²) in [5.41, 5.74) is 3.48. The van der Waals surface area contributed by atoms with Crippen LogP contribution in [0.3, 0.4) is 0 Å². The summed E-state index contributed by atoms with van der Waals surface area (Å²) in [6.45, 7) is 6.61. The van der Waals surface area contributed by atoms with E-state index in [0.717, 1.165) is 18.4 Å². The molecule has 0 saturated heterocycles. The van der Waals surface area contributed by atoms with E-state index in [1.807, 2.05) is 12.1 Å². The maximum atomic E-state index is 11.6. The van der Waals surface area contributed by atoms with E-state index in [1.54, 1.807) is 12.1 Å². The van der Waals surface area contributed by atoms with Crippen LogP contribution >= 0.6 is 0 Å². The average Bonchev–Trinajstić information content (AvgIpc) is 2.39. The second-order valence-corrected chi connectivity index (χ2v) is 5.07. The second-order valence-electron chi connectivity index (χ2n) is 5.07. The number of esters is 1. The highest BCUT2D eigenvalue weighted by Crippen LogP contribution is 2.06. The molecule has 0 fully saturated rings. The summed E-state index contributed by atoms with van der Waals surface area (Å²) >= 11 is 0. The summed E-state index contributed by atoms with van der Waals surface area (Å²) in [6, 6.07) is 11.0. The van der Waals surface area contributed by atoms with Crippen LogP contribution in [0.4, 0.5) is 0 Å². The molecule has 1 aromatic rings. The Morgan fingerprint density at radius 3 is 2.70 bits per heavy atom.